The summed E-state index contributed by atoms with van der Waals surface area (Å²) in [4.78, 5) is 51.1. The molecule has 1 aliphatic carbocycles. The van der Waals surface area contributed by atoms with Crippen molar-refractivity contribution in [2.75, 3.05) is 7.11 Å². The fourth-order valence-electron chi connectivity index (χ4n) is 4.34. The maximum Gasteiger partial charge on any atom is 0.308 e. The van der Waals surface area contributed by atoms with Gasteiger partial charge in [0, 0.05) is 17.6 Å². The van der Waals surface area contributed by atoms with E-state index in [9.17, 15) is 34.5 Å². The number of carbonyl (C=O) groups excluding carboxylic acids is 4. The standard InChI is InChI=1S/C21H20O10/c1-8-6-11(23)20(28)21(30-8)16-15(18(26)12(31-21)7-13(24)29-2)17(25)9-4-3-5-10(22)14(9)19(16)27/h3-5,8,12,18,20,22,26,28H,6-7H2,1-2H3. The summed E-state index contributed by atoms with van der Waals surface area (Å²) in [6.07, 6.45) is -6.74. The Bertz CT molecular complexity index is 1040. The van der Waals surface area contributed by atoms with Gasteiger partial charge in [-0.1, -0.05) is 12.1 Å². The van der Waals surface area contributed by atoms with Crippen molar-refractivity contribution in [2.24, 2.45) is 0 Å². The molecule has 3 N–H and O–H groups in total. The number of ether oxygens (including phenoxy) is 3. The first-order chi connectivity index (χ1) is 14.6. The van der Waals surface area contributed by atoms with Crippen LogP contribution in [-0.2, 0) is 23.8 Å². The summed E-state index contributed by atoms with van der Waals surface area (Å²) in [6, 6.07) is 3.86. The summed E-state index contributed by atoms with van der Waals surface area (Å²) < 4.78 is 16.1. The third kappa shape index (κ3) is 3.02. The number of hydrogen-bond acceptors (Lipinski definition) is 10. The highest BCUT2D eigenvalue weighted by atomic mass is 16.7. The molecule has 164 valence electrons. The molecule has 3 aliphatic rings. The SMILES string of the molecule is COC(=O)CC1OC2(OC(C)CC(=O)C2O)C2=C(C(=O)c3cccc(O)c3C2=O)C1O. The first-order valence-corrected chi connectivity index (χ1v) is 9.59. The van der Waals surface area contributed by atoms with Gasteiger partial charge in [-0.25, -0.2) is 0 Å². The lowest BCUT2D eigenvalue weighted by atomic mass is 9.72. The zero-order valence-electron chi connectivity index (χ0n) is 16.7. The van der Waals surface area contributed by atoms with Crippen LogP contribution in [0.25, 0.3) is 0 Å². The molecule has 0 saturated carbocycles. The van der Waals surface area contributed by atoms with Gasteiger partial charge in [0.15, 0.2) is 23.5 Å². The number of methoxy groups -OCH3 is 1. The number of esters is 1. The molecule has 2 heterocycles. The lowest BCUT2D eigenvalue weighted by Gasteiger charge is -2.50. The third-order valence-corrected chi connectivity index (χ3v) is 5.70. The Morgan fingerprint density at radius 3 is 2.58 bits per heavy atom. The molecule has 0 bridgehead atoms. The van der Waals surface area contributed by atoms with E-state index in [1.165, 1.54) is 25.1 Å². The molecule has 1 fully saturated rings. The van der Waals surface area contributed by atoms with Crippen LogP contribution in [-0.4, -0.2) is 76.0 Å². The number of benzene rings is 1. The minimum Gasteiger partial charge on any atom is -0.507 e. The van der Waals surface area contributed by atoms with Crippen molar-refractivity contribution >= 4 is 23.3 Å². The molecule has 4 rings (SSSR count). The summed E-state index contributed by atoms with van der Waals surface area (Å²) in [5.74, 6) is -6.17. The van der Waals surface area contributed by atoms with Gasteiger partial charge < -0.3 is 29.5 Å². The number of aliphatic hydroxyl groups excluding tert-OH is 2. The van der Waals surface area contributed by atoms with Crippen molar-refractivity contribution in [1.29, 1.82) is 0 Å². The Labute approximate surface area is 176 Å². The highest BCUT2D eigenvalue weighted by Crippen LogP contribution is 2.48. The molecule has 1 aromatic carbocycles. The van der Waals surface area contributed by atoms with Crippen LogP contribution < -0.4 is 0 Å². The van der Waals surface area contributed by atoms with Crippen LogP contribution >= 0.6 is 0 Å². The number of ketones is 3. The van der Waals surface area contributed by atoms with Gasteiger partial charge >= 0.3 is 5.97 Å². The molecule has 0 amide bonds. The van der Waals surface area contributed by atoms with Crippen molar-refractivity contribution in [2.45, 2.75) is 50.0 Å². The van der Waals surface area contributed by atoms with Crippen LogP contribution in [0.3, 0.4) is 0 Å². The van der Waals surface area contributed by atoms with Crippen LogP contribution in [0.4, 0.5) is 0 Å². The van der Waals surface area contributed by atoms with Crippen molar-refractivity contribution in [3.8, 4) is 5.75 Å². The van der Waals surface area contributed by atoms with Crippen LogP contribution in [0.2, 0.25) is 0 Å². The lowest BCUT2D eigenvalue weighted by molar-refractivity contribution is -0.310. The fourth-order valence-corrected chi connectivity index (χ4v) is 4.34. The van der Waals surface area contributed by atoms with Gasteiger partial charge in [0.25, 0.3) is 0 Å². The second-order valence-corrected chi connectivity index (χ2v) is 7.70. The summed E-state index contributed by atoms with van der Waals surface area (Å²) >= 11 is 0. The van der Waals surface area contributed by atoms with Gasteiger partial charge in [0.2, 0.25) is 5.79 Å². The van der Waals surface area contributed by atoms with Crippen molar-refractivity contribution < 1.29 is 48.7 Å². The van der Waals surface area contributed by atoms with Crippen LogP contribution in [0.15, 0.2) is 29.3 Å². The molecular weight excluding hydrogens is 412 g/mol. The number of rotatable bonds is 2. The number of hydrogen-bond donors (Lipinski definition) is 3. The Morgan fingerprint density at radius 2 is 1.90 bits per heavy atom. The number of carbonyl (C=O) groups is 4. The van der Waals surface area contributed by atoms with Crippen LogP contribution in [0.1, 0.15) is 40.5 Å². The topological polar surface area (TPSA) is 157 Å². The molecule has 5 unspecified atom stereocenters. The van der Waals surface area contributed by atoms with E-state index in [4.69, 9.17) is 9.47 Å². The molecule has 1 spiro atoms. The molecule has 2 aliphatic heterocycles. The largest absolute Gasteiger partial charge is 0.507 e. The molecule has 0 radical (unpaired) electrons. The number of phenols is 1. The number of aromatic hydroxyl groups is 1. The summed E-state index contributed by atoms with van der Waals surface area (Å²) in [5.41, 5.74) is -1.53. The normalized spacial score (nSPS) is 32.7. The van der Waals surface area contributed by atoms with Crippen molar-refractivity contribution in [3.63, 3.8) is 0 Å². The molecule has 10 heteroatoms. The Balaban J connectivity index is 1.98. The zero-order chi connectivity index (χ0) is 22.7. The smallest absolute Gasteiger partial charge is 0.308 e. The summed E-state index contributed by atoms with van der Waals surface area (Å²) in [7, 11) is 1.11. The van der Waals surface area contributed by atoms with Gasteiger partial charge in [-0.15, -0.1) is 0 Å². The third-order valence-electron chi connectivity index (χ3n) is 5.70. The first kappa shape index (κ1) is 21.3. The predicted molar refractivity (Wildman–Crippen MR) is 100 cm³/mol. The summed E-state index contributed by atoms with van der Waals surface area (Å²) in [6.45, 7) is 1.51. The molecule has 0 aromatic heterocycles. The molecule has 10 nitrogen and oxygen atoms in total. The first-order valence-electron chi connectivity index (χ1n) is 9.59. The molecule has 5 atom stereocenters. The number of Topliss-reactive ketones (excluding diaryl/α,β-unsaturated/α-hetero) is 3. The number of aliphatic hydroxyl groups is 2. The maximum absolute atomic E-state index is 13.4. The van der Waals surface area contributed by atoms with Gasteiger partial charge in [-0.2, -0.15) is 0 Å². The maximum atomic E-state index is 13.4. The minimum atomic E-state index is -2.44. The highest BCUT2D eigenvalue weighted by molar-refractivity contribution is 6.29. The van der Waals surface area contributed by atoms with Gasteiger partial charge in [-0.05, 0) is 13.0 Å². The average molecular weight is 432 g/mol. The summed E-state index contributed by atoms with van der Waals surface area (Å²) in [5, 5.41) is 31.9. The highest BCUT2D eigenvalue weighted by Gasteiger charge is 2.62. The van der Waals surface area contributed by atoms with Gasteiger partial charge in [-0.3, -0.25) is 19.2 Å². The van der Waals surface area contributed by atoms with E-state index < -0.39 is 76.8 Å². The van der Waals surface area contributed by atoms with Crippen molar-refractivity contribution in [1.82, 2.24) is 0 Å². The van der Waals surface area contributed by atoms with E-state index in [1.807, 2.05) is 0 Å². The Hall–Kier alpha value is -2.92. The van der Waals surface area contributed by atoms with E-state index >= 15 is 0 Å². The molecular formula is C21H20O10. The van der Waals surface area contributed by atoms with E-state index in [-0.39, 0.29) is 17.5 Å². The van der Waals surface area contributed by atoms with Gasteiger partial charge in [0.05, 0.1) is 30.8 Å². The van der Waals surface area contributed by atoms with E-state index in [2.05, 4.69) is 4.74 Å². The molecule has 1 aromatic rings. The average Bonchev–Trinajstić information content (AvgIpc) is 2.72. The van der Waals surface area contributed by atoms with E-state index in [1.54, 1.807) is 0 Å². The number of phenolic OH excluding ortho intramolecular Hbond substituents is 1. The van der Waals surface area contributed by atoms with E-state index in [0.29, 0.717) is 0 Å². The lowest BCUT2D eigenvalue weighted by Crippen LogP contribution is -2.65. The quantitative estimate of drug-likeness (QED) is 0.536. The Kier molecular flexibility index (Phi) is 5.05. The van der Waals surface area contributed by atoms with Crippen LogP contribution in [0, 0.1) is 0 Å². The zero-order valence-corrected chi connectivity index (χ0v) is 16.7. The van der Waals surface area contributed by atoms with Crippen LogP contribution in [0.5, 0.6) is 5.75 Å². The molecule has 1 saturated heterocycles. The fraction of sp³-hybridized carbons (Fsp3) is 0.429. The Morgan fingerprint density at radius 1 is 1.19 bits per heavy atom. The minimum absolute atomic E-state index is 0.165. The predicted octanol–water partition coefficient (Wildman–Crippen LogP) is -0.174. The van der Waals surface area contributed by atoms with E-state index in [0.717, 1.165) is 7.11 Å². The monoisotopic (exact) mass is 432 g/mol. The van der Waals surface area contributed by atoms with Gasteiger partial charge in [0.1, 0.15) is 18.0 Å². The number of fused-ring (bicyclic) bond motifs is 2. The van der Waals surface area contributed by atoms with Crippen molar-refractivity contribution in [3.05, 3.63) is 40.5 Å². The molecule has 31 heavy (non-hydrogen) atoms. The second-order valence-electron chi connectivity index (χ2n) is 7.70. The second kappa shape index (κ2) is 7.34.